The van der Waals surface area contributed by atoms with Gasteiger partial charge in [0.25, 0.3) is 0 Å². The van der Waals surface area contributed by atoms with Crippen molar-refractivity contribution >= 4 is 66.4 Å². The van der Waals surface area contributed by atoms with Gasteiger partial charge in [0.2, 0.25) is 0 Å². The topological polar surface area (TPSA) is 6.48 Å². The molecular formula is C82H60N2. The van der Waals surface area contributed by atoms with E-state index in [1.54, 1.807) is 0 Å². The monoisotopic (exact) mass is 1070 g/mol. The first-order chi connectivity index (χ1) is 41.3. The van der Waals surface area contributed by atoms with Crippen LogP contribution in [0.3, 0.4) is 0 Å². The van der Waals surface area contributed by atoms with E-state index in [4.69, 9.17) is 0 Å². The van der Waals surface area contributed by atoms with Crippen molar-refractivity contribution in [2.45, 2.75) is 38.5 Å². The van der Waals surface area contributed by atoms with Crippen molar-refractivity contribution in [2.75, 3.05) is 9.80 Å². The Kier molecular flexibility index (Phi) is 11.3. The van der Waals surface area contributed by atoms with Crippen LogP contribution in [0.2, 0.25) is 0 Å². The van der Waals surface area contributed by atoms with Gasteiger partial charge in [0.05, 0.1) is 22.2 Å². The summed E-state index contributed by atoms with van der Waals surface area (Å²) in [5.41, 5.74) is 25.9. The highest BCUT2D eigenvalue weighted by Gasteiger charge is 2.48. The molecule has 14 aromatic carbocycles. The summed E-state index contributed by atoms with van der Waals surface area (Å²) in [5.74, 6) is 0. The lowest BCUT2D eigenvalue weighted by Gasteiger charge is -2.36. The Hall–Kier alpha value is -10.3. The molecule has 0 spiro atoms. The van der Waals surface area contributed by atoms with Crippen LogP contribution < -0.4 is 9.80 Å². The predicted molar refractivity (Wildman–Crippen MR) is 353 cm³/mol. The molecule has 14 aromatic rings. The number of hydrogen-bond acceptors (Lipinski definition) is 2. The zero-order valence-corrected chi connectivity index (χ0v) is 47.6. The summed E-state index contributed by atoms with van der Waals surface area (Å²) < 4.78 is 0. The van der Waals surface area contributed by atoms with E-state index in [0.29, 0.717) is 0 Å². The Balaban J connectivity index is 0.925. The van der Waals surface area contributed by atoms with Crippen molar-refractivity contribution < 1.29 is 0 Å². The van der Waals surface area contributed by atoms with Gasteiger partial charge in [-0.1, -0.05) is 236 Å². The van der Waals surface area contributed by atoms with Gasteiger partial charge in [0, 0.05) is 33.5 Å². The fourth-order valence-electron chi connectivity index (χ4n) is 15.2. The second kappa shape index (κ2) is 19.2. The molecule has 2 nitrogen and oxygen atoms in total. The minimum absolute atomic E-state index is 0.549. The molecule has 0 N–H and O–H groups in total. The Morgan fingerprint density at radius 3 is 1.01 bits per heavy atom. The number of anilines is 6. The molecule has 0 unspecified atom stereocenters. The van der Waals surface area contributed by atoms with Gasteiger partial charge in [0.1, 0.15) is 0 Å². The number of rotatable bonds is 10. The third-order valence-corrected chi connectivity index (χ3v) is 18.7. The number of benzene rings is 14. The first-order valence-electron chi connectivity index (χ1n) is 29.5. The maximum atomic E-state index is 2.53. The van der Waals surface area contributed by atoms with Crippen molar-refractivity contribution in [1.82, 2.24) is 0 Å². The van der Waals surface area contributed by atoms with Crippen LogP contribution in [0.4, 0.5) is 34.1 Å². The van der Waals surface area contributed by atoms with Gasteiger partial charge in [-0.05, 0) is 193 Å². The molecular weight excluding hydrogens is 1010 g/mol. The Morgan fingerprint density at radius 2 is 0.560 bits per heavy atom. The lowest BCUT2D eigenvalue weighted by molar-refractivity contribution is 0.767. The van der Waals surface area contributed by atoms with Gasteiger partial charge < -0.3 is 9.80 Å². The first-order valence-corrected chi connectivity index (χ1v) is 29.5. The van der Waals surface area contributed by atoms with Gasteiger partial charge >= 0.3 is 0 Å². The zero-order valence-electron chi connectivity index (χ0n) is 47.6. The van der Waals surface area contributed by atoms with Gasteiger partial charge in [-0.15, -0.1) is 0 Å². The number of aryl methyl sites for hydroxylation is 4. The van der Waals surface area contributed by atoms with Crippen molar-refractivity contribution in [2.24, 2.45) is 0 Å². The highest BCUT2D eigenvalue weighted by molar-refractivity contribution is 6.29. The van der Waals surface area contributed by atoms with E-state index in [1.807, 2.05) is 0 Å². The molecule has 2 aliphatic rings. The normalized spacial score (nSPS) is 13.4. The van der Waals surface area contributed by atoms with E-state index in [2.05, 4.69) is 329 Å². The molecule has 16 rings (SSSR count). The third-order valence-electron chi connectivity index (χ3n) is 18.7. The molecule has 0 bridgehead atoms. The zero-order chi connectivity index (χ0) is 56.3. The Labute approximate surface area is 492 Å². The van der Waals surface area contributed by atoms with E-state index >= 15 is 0 Å². The van der Waals surface area contributed by atoms with Crippen LogP contribution in [0.25, 0.3) is 54.6 Å². The van der Waals surface area contributed by atoms with Crippen molar-refractivity contribution in [3.8, 4) is 22.3 Å². The van der Waals surface area contributed by atoms with Gasteiger partial charge in [-0.25, -0.2) is 0 Å². The van der Waals surface area contributed by atoms with E-state index in [0.717, 1.165) is 34.1 Å². The number of para-hydroxylation sites is 1. The second-order valence-electron chi connectivity index (χ2n) is 23.4. The number of hydrogen-bond donors (Lipinski definition) is 0. The molecule has 398 valence electrons. The molecule has 0 saturated heterocycles. The van der Waals surface area contributed by atoms with E-state index < -0.39 is 10.8 Å². The summed E-state index contributed by atoms with van der Waals surface area (Å²) in [5, 5.41) is 7.48. The average molecular weight is 1070 g/mol. The maximum Gasteiger partial charge on any atom is 0.0714 e. The SMILES string of the molecule is Cc1cccc(N(c2cccc(C3(c4ccccc4)c4ccccc4-c4ccccc43)c2)c2cc(C)c3ccc4c(N(c5ccccc5)c5cccc(C6(c7cccc(C)c7)c7ccccc7-c7ccccc76)c5)cc(C)c5ccc2c3c54)c1. The van der Waals surface area contributed by atoms with Gasteiger partial charge in [0.15, 0.2) is 0 Å². The fraction of sp³-hybridized carbons (Fsp3) is 0.0732. The minimum Gasteiger partial charge on any atom is -0.310 e. The molecule has 2 heteroatoms. The molecule has 0 saturated carbocycles. The summed E-state index contributed by atoms with van der Waals surface area (Å²) >= 11 is 0. The molecule has 0 radical (unpaired) electrons. The number of fused-ring (bicyclic) bond motifs is 6. The lowest BCUT2D eigenvalue weighted by Crippen LogP contribution is -2.29. The first kappa shape index (κ1) is 49.5. The van der Waals surface area contributed by atoms with E-state index in [-0.39, 0.29) is 0 Å². The highest BCUT2D eigenvalue weighted by Crippen LogP contribution is 2.59. The van der Waals surface area contributed by atoms with Crippen LogP contribution in [0.1, 0.15) is 66.8 Å². The molecule has 2 aliphatic carbocycles. The highest BCUT2D eigenvalue weighted by atomic mass is 15.2. The number of nitrogens with zero attached hydrogens (tertiary/aromatic N) is 2. The molecule has 0 aliphatic heterocycles. The predicted octanol–water partition coefficient (Wildman–Crippen LogP) is 21.5. The summed E-state index contributed by atoms with van der Waals surface area (Å²) in [6.07, 6.45) is 0. The largest absolute Gasteiger partial charge is 0.310 e. The molecule has 0 heterocycles. The molecule has 0 aromatic heterocycles. The molecule has 0 atom stereocenters. The fourth-order valence-corrected chi connectivity index (χ4v) is 15.2. The van der Waals surface area contributed by atoms with Gasteiger partial charge in [-0.3, -0.25) is 0 Å². The smallest absolute Gasteiger partial charge is 0.0714 e. The van der Waals surface area contributed by atoms with Crippen LogP contribution >= 0.6 is 0 Å². The minimum atomic E-state index is -0.555. The van der Waals surface area contributed by atoms with Crippen molar-refractivity contribution in [3.63, 3.8) is 0 Å². The Morgan fingerprint density at radius 1 is 0.238 bits per heavy atom. The van der Waals surface area contributed by atoms with Gasteiger partial charge in [-0.2, -0.15) is 0 Å². The van der Waals surface area contributed by atoms with Crippen LogP contribution in [0, 0.1) is 27.7 Å². The standard InChI is InChI=1S/C82H60N2/c1-53-23-19-27-58(47-53)82(75-41-17-13-37-69(75)70-38-14-18-42-76(70)82)60-29-22-33-63(52-60)83(61-30-9-6-10-31-61)77-49-55(3)65-44-46-72-78(50-56(4)66-43-45-71(77)79(65)80(66)72)84(62-32-20-24-54(2)48-62)64-34-21-28-59(51-64)81(57-25-7-5-8-26-57)73-39-15-11-35-67(73)68-36-12-16-40-74(68)81/h5-52H,1-4H3. The van der Waals surface area contributed by atoms with Crippen molar-refractivity contribution in [1.29, 1.82) is 0 Å². The molecule has 0 fully saturated rings. The van der Waals surface area contributed by atoms with Crippen LogP contribution in [-0.2, 0) is 10.8 Å². The molecule has 84 heavy (non-hydrogen) atoms. The molecule has 0 amide bonds. The third kappa shape index (κ3) is 7.17. The average Bonchev–Trinajstić information content (AvgIpc) is 1.46. The van der Waals surface area contributed by atoms with E-state index in [9.17, 15) is 0 Å². The quantitative estimate of drug-likeness (QED) is 0.126. The summed E-state index contributed by atoms with van der Waals surface area (Å²) in [7, 11) is 0. The Bertz CT molecular complexity index is 4820. The lowest BCUT2D eigenvalue weighted by atomic mass is 9.67. The summed E-state index contributed by atoms with van der Waals surface area (Å²) in [6.45, 7) is 9.02. The maximum absolute atomic E-state index is 2.53. The van der Waals surface area contributed by atoms with Crippen LogP contribution in [0.5, 0.6) is 0 Å². The summed E-state index contributed by atoms with van der Waals surface area (Å²) in [4.78, 5) is 5.04. The van der Waals surface area contributed by atoms with Crippen LogP contribution in [-0.4, -0.2) is 0 Å². The van der Waals surface area contributed by atoms with Crippen LogP contribution in [0.15, 0.2) is 291 Å². The van der Waals surface area contributed by atoms with Crippen molar-refractivity contribution in [3.05, 3.63) is 358 Å². The summed E-state index contributed by atoms with van der Waals surface area (Å²) in [6, 6.07) is 110. The van der Waals surface area contributed by atoms with E-state index in [1.165, 1.54) is 121 Å². The second-order valence-corrected chi connectivity index (χ2v) is 23.4.